The van der Waals surface area contributed by atoms with E-state index in [4.69, 9.17) is 27.9 Å². The van der Waals surface area contributed by atoms with Crippen molar-refractivity contribution >= 4 is 10.4 Å². The van der Waals surface area contributed by atoms with Crippen molar-refractivity contribution in [1.29, 1.82) is 0 Å². The number of hydrogen-bond acceptors (Lipinski definition) is 10. The van der Waals surface area contributed by atoms with E-state index >= 15 is 0 Å². The number of aliphatic hydroxyl groups is 1. The fourth-order valence-electron chi connectivity index (χ4n) is 3.64. The van der Waals surface area contributed by atoms with Crippen molar-refractivity contribution < 1.29 is 58.7 Å². The second-order valence-electron chi connectivity index (χ2n) is 7.85. The van der Waals surface area contributed by atoms with Gasteiger partial charge < -0.3 is 28.8 Å². The Morgan fingerprint density at radius 3 is 2.33 bits per heavy atom. The number of alkyl halides is 3. The smallest absolute Gasteiger partial charge is 0.413 e. The van der Waals surface area contributed by atoms with Crippen LogP contribution in [0, 0.1) is 0 Å². The lowest BCUT2D eigenvalue weighted by atomic mass is 9.98. The molecule has 0 radical (unpaired) electrons. The summed E-state index contributed by atoms with van der Waals surface area (Å²) in [5.41, 5.74) is 0.581. The zero-order valence-corrected chi connectivity index (χ0v) is 19.6. The summed E-state index contributed by atoms with van der Waals surface area (Å²) >= 11 is 0. The lowest BCUT2D eigenvalue weighted by Gasteiger charge is -2.46. The van der Waals surface area contributed by atoms with E-state index in [1.807, 2.05) is 0 Å². The van der Waals surface area contributed by atoms with Gasteiger partial charge in [0.1, 0.15) is 35.9 Å². The summed E-state index contributed by atoms with van der Waals surface area (Å²) in [5.74, 6) is 0.760. The zero-order valence-electron chi connectivity index (χ0n) is 18.7. The molecule has 2 fully saturated rings. The minimum atomic E-state index is -5.21. The first-order valence-corrected chi connectivity index (χ1v) is 12.0. The molecule has 36 heavy (non-hydrogen) atoms. The van der Waals surface area contributed by atoms with E-state index in [1.54, 1.807) is 42.5 Å². The van der Waals surface area contributed by atoms with Crippen molar-refractivity contribution in [1.82, 2.24) is 0 Å². The minimum absolute atomic E-state index is 0.122. The maximum atomic E-state index is 12.5. The van der Waals surface area contributed by atoms with Crippen LogP contribution in [0.5, 0.6) is 11.5 Å². The molecule has 0 aromatic heterocycles. The number of fused-ring (bicyclic) bond motifs is 1. The first-order valence-electron chi connectivity index (χ1n) is 10.7. The van der Waals surface area contributed by atoms with Crippen LogP contribution in [0.15, 0.2) is 54.6 Å². The molecule has 10 nitrogen and oxygen atoms in total. The summed E-state index contributed by atoms with van der Waals surface area (Å²) in [6, 6.07) is 14.8. The van der Waals surface area contributed by atoms with Gasteiger partial charge in [0.05, 0.1) is 13.7 Å². The van der Waals surface area contributed by atoms with Crippen LogP contribution in [0.25, 0.3) is 0 Å². The maximum absolute atomic E-state index is 12.5. The third kappa shape index (κ3) is 6.64. The lowest BCUT2D eigenvalue weighted by Crippen LogP contribution is -2.64. The van der Waals surface area contributed by atoms with Crippen molar-refractivity contribution in [2.45, 2.75) is 43.2 Å². The molecular weight excluding hydrogens is 513 g/mol. The number of halogens is 3. The molecule has 6 atom stereocenters. The van der Waals surface area contributed by atoms with E-state index in [0.29, 0.717) is 11.3 Å². The molecule has 4 rings (SSSR count). The Hall–Kier alpha value is -2.46. The van der Waals surface area contributed by atoms with Crippen molar-refractivity contribution in [2.24, 2.45) is 0 Å². The number of hydrogen-bond donors (Lipinski definition) is 1. The molecule has 0 aliphatic carbocycles. The first-order chi connectivity index (χ1) is 17.0. The van der Waals surface area contributed by atoms with Gasteiger partial charge in [-0.2, -0.15) is 21.6 Å². The van der Waals surface area contributed by atoms with E-state index < -0.39 is 60.2 Å². The van der Waals surface area contributed by atoms with Crippen LogP contribution in [0.2, 0.25) is 0 Å². The third-order valence-corrected chi connectivity index (χ3v) is 6.15. The zero-order chi connectivity index (χ0) is 25.9. The van der Waals surface area contributed by atoms with E-state index in [-0.39, 0.29) is 12.4 Å². The Labute approximate surface area is 204 Å². The quantitative estimate of drug-likeness (QED) is 0.539. The monoisotopic (exact) mass is 536 g/mol. The highest BCUT2D eigenvalue weighted by Crippen LogP contribution is 2.37. The third-order valence-electron chi connectivity index (χ3n) is 5.29. The molecule has 2 saturated heterocycles. The van der Waals surface area contributed by atoms with E-state index in [2.05, 4.69) is 4.18 Å². The van der Waals surface area contributed by atoms with Crippen molar-refractivity contribution in [3.05, 3.63) is 60.2 Å². The number of methoxy groups -OCH3 is 1. The highest BCUT2D eigenvalue weighted by molar-refractivity contribution is 7.81. The predicted octanol–water partition coefficient (Wildman–Crippen LogP) is 2.48. The molecule has 0 unspecified atom stereocenters. The maximum Gasteiger partial charge on any atom is 0.413 e. The van der Waals surface area contributed by atoms with Gasteiger partial charge in [-0.05, 0) is 24.3 Å². The molecule has 2 aromatic rings. The number of ether oxygens (including phenoxy) is 5. The minimum Gasteiger partial charge on any atom is -0.497 e. The average Bonchev–Trinajstić information content (AvgIpc) is 2.86. The summed E-state index contributed by atoms with van der Waals surface area (Å²) < 4.78 is 98.8. The summed E-state index contributed by atoms with van der Waals surface area (Å²) in [5, 5.41) is 10.9. The molecule has 0 spiro atoms. The number of rotatable bonds is 8. The van der Waals surface area contributed by atoms with Gasteiger partial charge in [-0.25, -0.2) is 8.37 Å². The molecule has 2 aliphatic heterocycles. The summed E-state index contributed by atoms with van der Waals surface area (Å²) in [7, 11) is -3.74. The topological polar surface area (TPSA) is 119 Å². The van der Waals surface area contributed by atoms with Crippen LogP contribution in [0.3, 0.4) is 0 Å². The molecule has 2 aliphatic rings. The molecule has 0 amide bonds. The molecule has 0 saturated carbocycles. The fourth-order valence-corrected chi connectivity index (χ4v) is 4.47. The molecule has 2 aromatic carbocycles. The lowest BCUT2D eigenvalue weighted by molar-refractivity contribution is -0.346. The van der Waals surface area contributed by atoms with Gasteiger partial charge in [0.15, 0.2) is 12.9 Å². The van der Waals surface area contributed by atoms with Crippen LogP contribution in [-0.2, 0) is 33.0 Å². The second kappa shape index (κ2) is 10.9. The Kier molecular flexibility index (Phi) is 8.04. The SMILES string of the molecule is COc1ccc(O[C@@H]2O[C@@H]3CO[C@@H](c4ccccc4)O[C@H]3[C@H](OS(=O)(=O)OCC(F)(F)F)[C@H]2O)cc1. The molecule has 0 bridgehead atoms. The van der Waals surface area contributed by atoms with Gasteiger partial charge >= 0.3 is 16.6 Å². The van der Waals surface area contributed by atoms with Crippen LogP contribution in [-0.4, -0.2) is 70.7 Å². The van der Waals surface area contributed by atoms with Gasteiger partial charge in [-0.3, -0.25) is 0 Å². The van der Waals surface area contributed by atoms with Crippen molar-refractivity contribution in [2.75, 3.05) is 20.3 Å². The normalized spacial score (nSPS) is 28.8. The predicted molar refractivity (Wildman–Crippen MR) is 114 cm³/mol. The van der Waals surface area contributed by atoms with E-state index in [9.17, 15) is 26.7 Å². The molecule has 14 heteroatoms. The Morgan fingerprint density at radius 1 is 1.03 bits per heavy atom. The first kappa shape index (κ1) is 26.6. The van der Waals surface area contributed by atoms with Crippen LogP contribution >= 0.6 is 0 Å². The summed E-state index contributed by atoms with van der Waals surface area (Å²) in [4.78, 5) is 0. The Morgan fingerprint density at radius 2 is 1.69 bits per heavy atom. The molecule has 1 N–H and O–H groups in total. The van der Waals surface area contributed by atoms with Crippen LogP contribution in [0.1, 0.15) is 11.9 Å². The molecular formula is C22H23F3O10S. The van der Waals surface area contributed by atoms with Gasteiger partial charge in [0, 0.05) is 5.56 Å². The summed E-state index contributed by atoms with van der Waals surface area (Å²) in [6.45, 7) is -2.23. The molecule has 2 heterocycles. The summed E-state index contributed by atoms with van der Waals surface area (Å²) in [6.07, 6.45) is -13.2. The average molecular weight is 536 g/mol. The van der Waals surface area contributed by atoms with Gasteiger partial charge in [0.25, 0.3) is 0 Å². The fraction of sp³-hybridized carbons (Fsp3) is 0.455. The van der Waals surface area contributed by atoms with Gasteiger partial charge in [-0.15, -0.1) is 0 Å². The van der Waals surface area contributed by atoms with E-state index in [1.165, 1.54) is 19.2 Å². The van der Waals surface area contributed by atoms with Crippen molar-refractivity contribution in [3.63, 3.8) is 0 Å². The van der Waals surface area contributed by atoms with Crippen molar-refractivity contribution in [3.8, 4) is 11.5 Å². The highest BCUT2D eigenvalue weighted by Gasteiger charge is 2.53. The molecule has 198 valence electrons. The Balaban J connectivity index is 1.56. The number of benzene rings is 2. The highest BCUT2D eigenvalue weighted by atomic mass is 32.3. The van der Waals surface area contributed by atoms with E-state index in [0.717, 1.165) is 0 Å². The largest absolute Gasteiger partial charge is 0.497 e. The van der Waals surface area contributed by atoms with Crippen LogP contribution < -0.4 is 9.47 Å². The van der Waals surface area contributed by atoms with Crippen LogP contribution in [0.4, 0.5) is 13.2 Å². The standard InChI is InChI=1S/C22H23F3O10S/c1-29-14-7-9-15(10-8-14)32-21-17(26)19(35-36(27,28)31-12-22(23,24)25)18-16(33-21)11-30-20(34-18)13-5-3-2-4-6-13/h2-10,16-21,26H,11-12H2,1H3/t16-,17-,18-,19-,20-,21-/m1/s1. The van der Waals surface area contributed by atoms with Gasteiger partial charge in [0.2, 0.25) is 6.29 Å². The second-order valence-corrected chi connectivity index (χ2v) is 9.09. The Bertz CT molecular complexity index is 1100. The number of aliphatic hydroxyl groups excluding tert-OH is 1. The van der Waals surface area contributed by atoms with Gasteiger partial charge in [-0.1, -0.05) is 30.3 Å².